The summed E-state index contributed by atoms with van der Waals surface area (Å²) in [5.41, 5.74) is 0. The molecule has 232 valence electrons. The van der Waals surface area contributed by atoms with Crippen LogP contribution in [0, 0.1) is 0 Å². The van der Waals surface area contributed by atoms with E-state index >= 15 is 0 Å². The average Bonchev–Trinajstić information content (AvgIpc) is 2.97. The van der Waals surface area contributed by atoms with Gasteiger partial charge in [-0.25, -0.2) is 4.79 Å². The van der Waals surface area contributed by atoms with E-state index in [0.29, 0.717) is 5.75 Å². The number of aliphatic hydroxyl groups excluding tert-OH is 8. The minimum absolute atomic E-state index is 0.189. The van der Waals surface area contributed by atoms with Crippen LogP contribution in [0.3, 0.4) is 0 Å². The minimum Gasteiger partial charge on any atom is -0.497 e. The fourth-order valence-corrected chi connectivity index (χ4v) is 4.43. The first kappa shape index (κ1) is 32.8. The molecule has 2 aliphatic rings. The maximum atomic E-state index is 12.3. The molecule has 1 aromatic rings. The first-order valence-corrected chi connectivity index (χ1v) is 12.5. The smallest absolute Gasteiger partial charge is 0.364 e. The molecule has 17 heteroatoms. The van der Waals surface area contributed by atoms with E-state index in [2.05, 4.69) is 5.32 Å². The van der Waals surface area contributed by atoms with E-state index in [-0.39, 0.29) is 5.75 Å². The monoisotopic (exact) mass is 593 g/mol. The normalized spacial score (nSPS) is 35.2. The molecule has 0 saturated carbocycles. The van der Waals surface area contributed by atoms with Crippen molar-refractivity contribution >= 4 is 11.9 Å². The molecule has 0 radical (unpaired) electrons. The van der Waals surface area contributed by atoms with Gasteiger partial charge in [0, 0.05) is 6.42 Å². The Labute approximate surface area is 233 Å². The first-order valence-electron chi connectivity index (χ1n) is 12.5. The van der Waals surface area contributed by atoms with E-state index in [1.54, 1.807) is 12.1 Å². The molecule has 0 unspecified atom stereocenters. The number of aliphatic carboxylic acids is 1. The summed E-state index contributed by atoms with van der Waals surface area (Å²) < 4.78 is 27.1. The molecule has 0 bridgehead atoms. The second-order valence-corrected chi connectivity index (χ2v) is 9.52. The topological polar surface area (TPSA) is 274 Å². The number of aliphatic hydroxyl groups is 8. The molecule has 17 nitrogen and oxygen atoms in total. The van der Waals surface area contributed by atoms with Crippen LogP contribution in [0.2, 0.25) is 0 Å². The Kier molecular flexibility index (Phi) is 11.2. The molecule has 1 amide bonds. The van der Waals surface area contributed by atoms with Crippen molar-refractivity contribution in [1.29, 1.82) is 0 Å². The molecule has 2 heterocycles. The van der Waals surface area contributed by atoms with Crippen molar-refractivity contribution in [2.45, 2.75) is 73.4 Å². The van der Waals surface area contributed by atoms with Gasteiger partial charge in [0.2, 0.25) is 12.2 Å². The summed E-state index contributed by atoms with van der Waals surface area (Å²) in [5.74, 6) is -4.92. The van der Waals surface area contributed by atoms with Crippen molar-refractivity contribution in [3.8, 4) is 11.5 Å². The number of carbonyl (C=O) groups is 2. The van der Waals surface area contributed by atoms with Gasteiger partial charge in [-0.3, -0.25) is 4.79 Å². The third kappa shape index (κ3) is 7.40. The van der Waals surface area contributed by atoms with E-state index in [1.165, 1.54) is 19.2 Å². The summed E-state index contributed by atoms with van der Waals surface area (Å²) in [7, 11) is 1.45. The van der Waals surface area contributed by atoms with E-state index < -0.39 is 105 Å². The molecule has 0 aliphatic carbocycles. The molecule has 0 spiro atoms. The molecule has 41 heavy (non-hydrogen) atoms. The van der Waals surface area contributed by atoms with Crippen LogP contribution in [0.1, 0.15) is 6.42 Å². The zero-order chi connectivity index (χ0) is 30.5. The third-order valence-corrected chi connectivity index (χ3v) is 6.75. The maximum Gasteiger partial charge on any atom is 0.364 e. The van der Waals surface area contributed by atoms with E-state index in [1.807, 2.05) is 0 Å². The summed E-state index contributed by atoms with van der Waals surface area (Å²) in [5, 5.41) is 92.8. The third-order valence-electron chi connectivity index (χ3n) is 6.75. The summed E-state index contributed by atoms with van der Waals surface area (Å²) >= 11 is 0. The van der Waals surface area contributed by atoms with Gasteiger partial charge in [0.1, 0.15) is 60.8 Å². The van der Waals surface area contributed by atoms with Crippen LogP contribution in [-0.2, 0) is 23.8 Å². The fourth-order valence-electron chi connectivity index (χ4n) is 4.43. The molecule has 2 saturated heterocycles. The van der Waals surface area contributed by atoms with Crippen LogP contribution in [0.4, 0.5) is 0 Å². The van der Waals surface area contributed by atoms with Gasteiger partial charge < -0.3 is 75.0 Å². The van der Waals surface area contributed by atoms with Crippen molar-refractivity contribution < 1.29 is 79.2 Å². The quantitative estimate of drug-likeness (QED) is 0.109. The highest BCUT2D eigenvalue weighted by atomic mass is 16.7. The number of rotatable bonds is 12. The van der Waals surface area contributed by atoms with Crippen LogP contribution < -0.4 is 14.8 Å². The van der Waals surface area contributed by atoms with Crippen LogP contribution in [-0.4, -0.2) is 152 Å². The van der Waals surface area contributed by atoms with Crippen molar-refractivity contribution in [2.75, 3.05) is 26.9 Å². The zero-order valence-electron chi connectivity index (χ0n) is 21.8. The fraction of sp³-hybridized carbons (Fsp3) is 0.667. The standard InChI is InChI=1S/C24H35NO16/c1-37-10-2-4-11(5-3-10)39-22-20(34)19(33)18(32)14(40-22)9-38-24(23(35)36)6-12(28)16(25-15(30)8-27)21(41-24)17(31)13(29)7-26/h2-5,12-14,16-22,26-29,31-34H,6-9H2,1H3,(H,25,30)(H,35,36)/t12-,13-,14+,16-,17-,18+,19+,20+,21-,22-,24-/m1/s1. The molecular weight excluding hydrogens is 558 g/mol. The van der Waals surface area contributed by atoms with Gasteiger partial charge in [-0.05, 0) is 24.3 Å². The lowest BCUT2D eigenvalue weighted by atomic mass is 9.88. The molecule has 2 fully saturated rings. The van der Waals surface area contributed by atoms with Crippen LogP contribution in [0.25, 0.3) is 0 Å². The number of carbonyl (C=O) groups excluding carboxylic acids is 1. The highest BCUT2D eigenvalue weighted by molar-refractivity contribution is 5.78. The lowest BCUT2D eigenvalue weighted by Crippen LogP contribution is -2.68. The van der Waals surface area contributed by atoms with E-state index in [9.17, 15) is 50.4 Å². The summed E-state index contributed by atoms with van der Waals surface area (Å²) in [6.07, 6.45) is -17.0. The molecule has 11 atom stereocenters. The van der Waals surface area contributed by atoms with Crippen molar-refractivity contribution in [1.82, 2.24) is 5.32 Å². The molecular formula is C24H35NO16. The second kappa shape index (κ2) is 14.0. The predicted molar refractivity (Wildman–Crippen MR) is 130 cm³/mol. The SMILES string of the molecule is COc1ccc(O[C@@H]2O[C@@H](CO[C@]3(C(=O)O)C[C@@H](O)[C@@H](NC(=O)CO)[C@H]([C@H](O)[C@H](O)CO)O3)[C@H](O)[C@H](O)[C@@H]2O)cc1. The maximum absolute atomic E-state index is 12.3. The van der Waals surface area contributed by atoms with Crippen LogP contribution >= 0.6 is 0 Å². The minimum atomic E-state index is -2.77. The van der Waals surface area contributed by atoms with Crippen molar-refractivity contribution in [3.63, 3.8) is 0 Å². The number of methoxy groups -OCH3 is 1. The lowest BCUT2D eigenvalue weighted by Gasteiger charge is -2.47. The molecule has 10 N–H and O–H groups in total. The number of ether oxygens (including phenoxy) is 5. The average molecular weight is 594 g/mol. The van der Waals surface area contributed by atoms with Gasteiger partial charge in [0.25, 0.3) is 5.79 Å². The highest BCUT2D eigenvalue weighted by Crippen LogP contribution is 2.35. The Hall–Kier alpha value is -2.68. The highest BCUT2D eigenvalue weighted by Gasteiger charge is 2.57. The van der Waals surface area contributed by atoms with Gasteiger partial charge >= 0.3 is 5.97 Å². The summed E-state index contributed by atoms with van der Waals surface area (Å²) in [4.78, 5) is 24.1. The number of amides is 1. The number of hydrogen-bond donors (Lipinski definition) is 10. The first-order chi connectivity index (χ1) is 19.4. The van der Waals surface area contributed by atoms with Gasteiger partial charge in [-0.15, -0.1) is 0 Å². The lowest BCUT2D eigenvalue weighted by molar-refractivity contribution is -0.332. The molecule has 2 aliphatic heterocycles. The van der Waals surface area contributed by atoms with Crippen molar-refractivity contribution in [2.24, 2.45) is 0 Å². The number of carboxylic acids is 1. The number of nitrogens with one attached hydrogen (secondary N) is 1. The zero-order valence-corrected chi connectivity index (χ0v) is 21.8. The second-order valence-electron chi connectivity index (χ2n) is 9.52. The van der Waals surface area contributed by atoms with Crippen LogP contribution in [0.15, 0.2) is 24.3 Å². The van der Waals surface area contributed by atoms with E-state index in [4.69, 9.17) is 28.8 Å². The van der Waals surface area contributed by atoms with Gasteiger partial charge in [0.05, 0.1) is 32.5 Å². The molecule has 3 rings (SSSR count). The number of carboxylic acid groups (broad SMARTS) is 1. The molecule has 0 aromatic heterocycles. The Morgan fingerprint density at radius 1 is 1.05 bits per heavy atom. The van der Waals surface area contributed by atoms with Crippen molar-refractivity contribution in [3.05, 3.63) is 24.3 Å². The Bertz CT molecular complexity index is 1010. The Morgan fingerprint density at radius 2 is 1.68 bits per heavy atom. The Morgan fingerprint density at radius 3 is 2.24 bits per heavy atom. The largest absolute Gasteiger partial charge is 0.497 e. The van der Waals surface area contributed by atoms with Gasteiger partial charge in [-0.2, -0.15) is 0 Å². The van der Waals surface area contributed by atoms with Gasteiger partial charge in [0.15, 0.2) is 0 Å². The summed E-state index contributed by atoms with van der Waals surface area (Å²) in [6, 6.07) is 4.50. The predicted octanol–water partition coefficient (Wildman–Crippen LogP) is -4.98. The van der Waals surface area contributed by atoms with Crippen LogP contribution in [0.5, 0.6) is 11.5 Å². The van der Waals surface area contributed by atoms with E-state index in [0.717, 1.165) is 0 Å². The Balaban J connectivity index is 1.81. The summed E-state index contributed by atoms with van der Waals surface area (Å²) in [6.45, 7) is -2.86. The number of hydrogen-bond acceptors (Lipinski definition) is 15. The molecule has 1 aromatic carbocycles. The number of benzene rings is 1. The van der Waals surface area contributed by atoms with Gasteiger partial charge in [-0.1, -0.05) is 0 Å².